The van der Waals surface area contributed by atoms with E-state index < -0.39 is 12.0 Å². The van der Waals surface area contributed by atoms with Gasteiger partial charge in [-0.3, -0.25) is 9.59 Å². The van der Waals surface area contributed by atoms with Crippen molar-refractivity contribution in [2.45, 2.75) is 58.0 Å². The summed E-state index contributed by atoms with van der Waals surface area (Å²) in [7, 11) is 0. The number of hydrogen-bond donors (Lipinski definition) is 1. The minimum Gasteiger partial charge on any atom is -0.453 e. The predicted molar refractivity (Wildman–Crippen MR) is 106 cm³/mol. The fourth-order valence-electron chi connectivity index (χ4n) is 5.93. The van der Waals surface area contributed by atoms with Crippen molar-refractivity contribution in [3.63, 3.8) is 0 Å². The van der Waals surface area contributed by atoms with Crippen LogP contribution >= 0.6 is 23.2 Å². The van der Waals surface area contributed by atoms with Gasteiger partial charge in [-0.2, -0.15) is 0 Å². The highest BCUT2D eigenvalue weighted by atomic mass is 35.5. The van der Waals surface area contributed by atoms with Gasteiger partial charge in [0.15, 0.2) is 6.10 Å². The van der Waals surface area contributed by atoms with Crippen LogP contribution in [0, 0.1) is 23.2 Å². The number of benzene rings is 1. The number of amides is 1. The molecule has 0 saturated heterocycles. The number of hydrogen-bond acceptors (Lipinski definition) is 3. The van der Waals surface area contributed by atoms with Gasteiger partial charge in [0, 0.05) is 5.02 Å². The molecule has 1 aromatic rings. The van der Waals surface area contributed by atoms with E-state index in [-0.39, 0.29) is 11.4 Å². The second-order valence-electron chi connectivity index (χ2n) is 8.84. The minimum absolute atomic E-state index is 0.113. The van der Waals surface area contributed by atoms with Crippen LogP contribution in [0.1, 0.15) is 51.9 Å². The lowest BCUT2D eigenvalue weighted by Crippen LogP contribution is -2.47. The van der Waals surface area contributed by atoms with Crippen molar-refractivity contribution in [3.05, 3.63) is 28.2 Å². The fraction of sp³-hybridized carbons (Fsp3) is 0.619. The molecule has 0 radical (unpaired) electrons. The maximum absolute atomic E-state index is 12.6. The van der Waals surface area contributed by atoms with Crippen molar-refractivity contribution in [1.29, 1.82) is 0 Å². The number of anilines is 1. The first-order valence-corrected chi connectivity index (χ1v) is 10.5. The molecule has 4 aliphatic rings. The first kappa shape index (κ1) is 19.1. The van der Waals surface area contributed by atoms with Crippen molar-refractivity contribution in [3.8, 4) is 0 Å². The first-order chi connectivity index (χ1) is 12.8. The van der Waals surface area contributed by atoms with Gasteiger partial charge in [-0.15, -0.1) is 0 Å². The summed E-state index contributed by atoms with van der Waals surface area (Å²) in [6.45, 7) is 1.59. The summed E-state index contributed by atoms with van der Waals surface area (Å²) >= 11 is 11.9. The highest BCUT2D eigenvalue weighted by Crippen LogP contribution is 2.61. The summed E-state index contributed by atoms with van der Waals surface area (Å²) in [5.41, 5.74) is 0.566. The molecule has 6 heteroatoms. The number of esters is 1. The Balaban J connectivity index is 1.33. The zero-order valence-electron chi connectivity index (χ0n) is 15.5. The maximum Gasteiger partial charge on any atom is 0.307 e. The lowest BCUT2D eigenvalue weighted by Gasteiger charge is -2.56. The molecule has 0 spiro atoms. The number of halogens is 2. The molecular weight excluding hydrogens is 385 g/mol. The van der Waals surface area contributed by atoms with E-state index in [0.717, 1.165) is 37.0 Å². The standard InChI is InChI=1S/C21H25Cl2NO3/c1-12(20(26)24-18-3-2-16(22)7-17(18)23)27-19(25)11-21-8-13-4-14(9-21)6-15(5-13)10-21/h2-3,7,12-15H,4-6,8-11H2,1H3,(H,24,26). The molecule has 1 N–H and O–H groups in total. The molecule has 0 aromatic heterocycles. The quantitative estimate of drug-likeness (QED) is 0.655. The largest absolute Gasteiger partial charge is 0.453 e. The smallest absolute Gasteiger partial charge is 0.307 e. The minimum atomic E-state index is -0.863. The number of nitrogens with one attached hydrogen (secondary N) is 1. The van der Waals surface area contributed by atoms with Gasteiger partial charge in [-0.05, 0) is 86.8 Å². The van der Waals surface area contributed by atoms with Crippen LogP contribution in [-0.4, -0.2) is 18.0 Å². The summed E-state index contributed by atoms with van der Waals surface area (Å²) in [6, 6.07) is 4.84. The number of ether oxygens (including phenoxy) is 1. The Bertz CT molecular complexity index is 729. The third-order valence-electron chi connectivity index (χ3n) is 6.55. The van der Waals surface area contributed by atoms with Crippen LogP contribution in [-0.2, 0) is 14.3 Å². The van der Waals surface area contributed by atoms with E-state index in [0.29, 0.717) is 22.2 Å². The average Bonchev–Trinajstić information content (AvgIpc) is 2.55. The molecule has 1 amide bonds. The second kappa shape index (κ2) is 7.29. The Morgan fingerprint density at radius 1 is 1.15 bits per heavy atom. The van der Waals surface area contributed by atoms with Crippen molar-refractivity contribution < 1.29 is 14.3 Å². The normalized spacial score (nSPS) is 32.2. The number of carbonyl (C=O) groups excluding carboxylic acids is 2. The SMILES string of the molecule is CC(OC(=O)CC12CC3CC(CC(C3)C1)C2)C(=O)Nc1ccc(Cl)cc1Cl. The molecule has 27 heavy (non-hydrogen) atoms. The molecule has 4 nitrogen and oxygen atoms in total. The van der Waals surface area contributed by atoms with Gasteiger partial charge >= 0.3 is 5.97 Å². The van der Waals surface area contributed by atoms with E-state index in [2.05, 4.69) is 5.32 Å². The first-order valence-electron chi connectivity index (χ1n) is 9.77. The Morgan fingerprint density at radius 2 is 1.74 bits per heavy atom. The maximum atomic E-state index is 12.6. The van der Waals surface area contributed by atoms with E-state index >= 15 is 0 Å². The van der Waals surface area contributed by atoms with Crippen molar-refractivity contribution >= 4 is 40.8 Å². The van der Waals surface area contributed by atoms with Crippen molar-refractivity contribution in [2.24, 2.45) is 23.2 Å². The van der Waals surface area contributed by atoms with Crippen LogP contribution in [0.25, 0.3) is 0 Å². The van der Waals surface area contributed by atoms with E-state index in [4.69, 9.17) is 27.9 Å². The second-order valence-corrected chi connectivity index (χ2v) is 9.68. The zero-order valence-corrected chi connectivity index (χ0v) is 17.0. The molecule has 4 fully saturated rings. The molecule has 1 atom stereocenters. The van der Waals surface area contributed by atoms with Crippen LogP contribution in [0.15, 0.2) is 18.2 Å². The Morgan fingerprint density at radius 3 is 2.30 bits per heavy atom. The summed E-state index contributed by atoms with van der Waals surface area (Å²) in [4.78, 5) is 24.9. The zero-order chi connectivity index (χ0) is 19.2. The highest BCUT2D eigenvalue weighted by molar-refractivity contribution is 6.36. The summed E-state index contributed by atoms with van der Waals surface area (Å²) in [5, 5.41) is 3.54. The molecular formula is C21H25Cl2NO3. The topological polar surface area (TPSA) is 55.4 Å². The van der Waals surface area contributed by atoms with E-state index in [9.17, 15) is 9.59 Å². The van der Waals surface area contributed by atoms with Crippen molar-refractivity contribution in [1.82, 2.24) is 0 Å². The van der Waals surface area contributed by atoms with E-state index in [1.165, 1.54) is 19.3 Å². The molecule has 0 heterocycles. The van der Waals surface area contributed by atoms with Crippen LogP contribution in [0.2, 0.25) is 10.0 Å². The molecule has 4 bridgehead atoms. The fourth-order valence-corrected chi connectivity index (χ4v) is 6.39. The van der Waals surface area contributed by atoms with Gasteiger partial charge < -0.3 is 10.1 Å². The van der Waals surface area contributed by atoms with Gasteiger partial charge in [0.1, 0.15) is 0 Å². The summed E-state index contributed by atoms with van der Waals surface area (Å²) in [5.74, 6) is 1.71. The van der Waals surface area contributed by atoms with Crippen LogP contribution in [0.5, 0.6) is 0 Å². The molecule has 1 aromatic carbocycles. The van der Waals surface area contributed by atoms with Crippen LogP contribution < -0.4 is 5.32 Å². The lowest BCUT2D eigenvalue weighted by molar-refractivity contribution is -0.160. The highest BCUT2D eigenvalue weighted by Gasteiger charge is 2.51. The van der Waals surface area contributed by atoms with Crippen molar-refractivity contribution in [2.75, 3.05) is 5.32 Å². The van der Waals surface area contributed by atoms with Gasteiger partial charge in [0.05, 0.1) is 17.1 Å². The molecule has 4 aliphatic carbocycles. The summed E-state index contributed by atoms with van der Waals surface area (Å²) < 4.78 is 5.47. The number of rotatable bonds is 5. The van der Waals surface area contributed by atoms with Crippen LogP contribution in [0.4, 0.5) is 5.69 Å². The molecule has 5 rings (SSSR count). The van der Waals surface area contributed by atoms with Gasteiger partial charge in [-0.25, -0.2) is 0 Å². The van der Waals surface area contributed by atoms with Crippen LogP contribution in [0.3, 0.4) is 0 Å². The molecule has 4 saturated carbocycles. The van der Waals surface area contributed by atoms with E-state index in [1.807, 2.05) is 0 Å². The Hall–Kier alpha value is -1.26. The number of carbonyl (C=O) groups is 2. The van der Waals surface area contributed by atoms with E-state index in [1.54, 1.807) is 25.1 Å². The van der Waals surface area contributed by atoms with Gasteiger partial charge in [0.25, 0.3) is 5.91 Å². The predicted octanol–water partition coefficient (Wildman–Crippen LogP) is 5.47. The third-order valence-corrected chi connectivity index (χ3v) is 7.10. The van der Waals surface area contributed by atoms with Gasteiger partial charge in [-0.1, -0.05) is 23.2 Å². The van der Waals surface area contributed by atoms with Gasteiger partial charge in [0.2, 0.25) is 0 Å². The monoisotopic (exact) mass is 409 g/mol. The summed E-state index contributed by atoms with van der Waals surface area (Å²) in [6.07, 6.45) is 7.05. The third kappa shape index (κ3) is 4.12. The average molecular weight is 410 g/mol. The molecule has 0 aliphatic heterocycles. The Kier molecular flexibility index (Phi) is 5.15. The molecule has 146 valence electrons. The Labute approximate surface area is 169 Å². The lowest BCUT2D eigenvalue weighted by atomic mass is 9.49. The molecule has 1 unspecified atom stereocenters.